The van der Waals surface area contributed by atoms with Crippen LogP contribution in [0.2, 0.25) is 0 Å². The maximum absolute atomic E-state index is 14.2. The Hall–Kier alpha value is -2.56. The molecule has 3 N–H and O–H groups in total. The van der Waals surface area contributed by atoms with E-state index in [0.717, 1.165) is 0 Å². The minimum absolute atomic E-state index is 0.0224. The maximum Gasteiger partial charge on any atom is 0.335 e. The van der Waals surface area contributed by atoms with Gasteiger partial charge >= 0.3 is 17.6 Å². The Morgan fingerprint density at radius 1 is 1.02 bits per heavy atom. The average molecular weight is 561 g/mol. The molecule has 0 amide bonds. The molecule has 10 nitrogen and oxygen atoms in total. The van der Waals surface area contributed by atoms with Crippen LogP contribution in [-0.4, -0.2) is 62.6 Å². The normalized spacial score (nSPS) is 44.4. The van der Waals surface area contributed by atoms with E-state index >= 15 is 0 Å². The van der Waals surface area contributed by atoms with Crippen molar-refractivity contribution in [3.63, 3.8) is 0 Å². The highest BCUT2D eigenvalue weighted by Gasteiger charge is 2.76. The summed E-state index contributed by atoms with van der Waals surface area (Å²) in [5.74, 6) is -3.83. The minimum Gasteiger partial charge on any atom is -0.459 e. The van der Waals surface area contributed by atoms with Crippen LogP contribution in [0.25, 0.3) is 0 Å². The van der Waals surface area contributed by atoms with E-state index < -0.39 is 87.4 Å². The van der Waals surface area contributed by atoms with Crippen molar-refractivity contribution in [2.24, 2.45) is 28.6 Å². The van der Waals surface area contributed by atoms with E-state index in [1.807, 2.05) is 0 Å². The predicted octanol–water partition coefficient (Wildman–Crippen LogP) is 2.26. The van der Waals surface area contributed by atoms with Gasteiger partial charge in [0.2, 0.25) is 0 Å². The lowest BCUT2D eigenvalue weighted by molar-refractivity contribution is -0.280. The number of carbonyl (C=O) groups is 3. The molecule has 0 aliphatic heterocycles. The van der Waals surface area contributed by atoms with Crippen LogP contribution >= 0.6 is 0 Å². The summed E-state index contributed by atoms with van der Waals surface area (Å²) in [4.78, 5) is 50.3. The van der Waals surface area contributed by atoms with Gasteiger partial charge in [-0.3, -0.25) is 14.4 Å². The summed E-state index contributed by atoms with van der Waals surface area (Å²) in [6.07, 6.45) is -0.604. The van der Waals surface area contributed by atoms with Crippen LogP contribution in [0.15, 0.2) is 27.6 Å². The number of ether oxygens (including phenoxy) is 2. The van der Waals surface area contributed by atoms with Gasteiger partial charge in [-0.05, 0) is 56.6 Å². The van der Waals surface area contributed by atoms with Crippen LogP contribution in [0.3, 0.4) is 0 Å². The molecular formula is C30H40O10. The number of aliphatic hydroxyl groups is 3. The first-order valence-corrected chi connectivity index (χ1v) is 14.2. The van der Waals surface area contributed by atoms with Gasteiger partial charge in [-0.15, -0.1) is 0 Å². The van der Waals surface area contributed by atoms with Crippen molar-refractivity contribution >= 4 is 17.7 Å². The van der Waals surface area contributed by atoms with E-state index in [4.69, 9.17) is 13.9 Å². The Bertz CT molecular complexity index is 1250. The highest BCUT2D eigenvalue weighted by atomic mass is 16.6. The first-order valence-electron chi connectivity index (χ1n) is 14.2. The van der Waals surface area contributed by atoms with E-state index in [9.17, 15) is 34.5 Å². The molecule has 10 heteroatoms. The molecule has 5 rings (SSSR count). The zero-order valence-corrected chi connectivity index (χ0v) is 23.7. The third-order valence-electron chi connectivity index (χ3n) is 11.0. The standard InChI is InChI=1S/C30H40O10/c1-15(2)26(35)40-21-13-29(36)10-8-19-23(27(29,4)12-20(21)39-16(3)31)24(33)25(34)28(5)18(9-11-30(19,28)37)17-6-7-22(32)38-14-17/h6-7,14-15,18-21,23-24,33,36-37H,8-13H2,1-5H3/t18-,19-,20+,21-,23-,24+,27-,28+,29+,30+/m1/s1. The lowest BCUT2D eigenvalue weighted by Crippen LogP contribution is -2.74. The second-order valence-corrected chi connectivity index (χ2v) is 13.2. The molecule has 0 aromatic carbocycles. The fraction of sp³-hybridized carbons (Fsp3) is 0.733. The van der Waals surface area contributed by atoms with Crippen molar-refractivity contribution in [1.29, 1.82) is 0 Å². The Labute approximate surface area is 233 Å². The molecule has 0 radical (unpaired) electrons. The van der Waals surface area contributed by atoms with Crippen LogP contribution in [0, 0.1) is 28.6 Å². The molecule has 1 heterocycles. The van der Waals surface area contributed by atoms with Crippen molar-refractivity contribution < 1.29 is 43.6 Å². The minimum atomic E-state index is -1.50. The maximum atomic E-state index is 14.2. The fourth-order valence-corrected chi connectivity index (χ4v) is 8.83. The molecule has 0 saturated heterocycles. The third-order valence-corrected chi connectivity index (χ3v) is 11.0. The van der Waals surface area contributed by atoms with Gasteiger partial charge < -0.3 is 29.2 Å². The van der Waals surface area contributed by atoms with E-state index in [1.165, 1.54) is 19.3 Å². The van der Waals surface area contributed by atoms with Crippen molar-refractivity contribution in [3.8, 4) is 0 Å². The highest BCUT2D eigenvalue weighted by molar-refractivity contribution is 5.93. The monoisotopic (exact) mass is 560 g/mol. The van der Waals surface area contributed by atoms with Gasteiger partial charge in [0.15, 0.2) is 5.78 Å². The number of hydrogen-bond acceptors (Lipinski definition) is 10. The molecule has 4 aliphatic carbocycles. The van der Waals surface area contributed by atoms with Crippen molar-refractivity contribution in [3.05, 3.63) is 34.4 Å². The molecule has 1 aromatic rings. The molecule has 40 heavy (non-hydrogen) atoms. The molecule has 4 fully saturated rings. The number of Topliss-reactive ketones (excluding diaryl/α,β-unsaturated/α-hetero) is 1. The highest BCUT2D eigenvalue weighted by Crippen LogP contribution is 2.70. The number of fused-ring (bicyclic) bond motifs is 5. The van der Waals surface area contributed by atoms with Crippen molar-refractivity contribution in [1.82, 2.24) is 0 Å². The van der Waals surface area contributed by atoms with Crippen LogP contribution in [0.5, 0.6) is 0 Å². The Balaban J connectivity index is 1.54. The van der Waals surface area contributed by atoms with Crippen LogP contribution in [0.1, 0.15) is 84.6 Å². The molecule has 0 bridgehead atoms. The van der Waals surface area contributed by atoms with Gasteiger partial charge in [-0.1, -0.05) is 20.8 Å². The molecule has 0 unspecified atom stereocenters. The van der Waals surface area contributed by atoms with Crippen LogP contribution in [0.4, 0.5) is 0 Å². The molecule has 1 aromatic heterocycles. The molecule has 0 spiro atoms. The summed E-state index contributed by atoms with van der Waals surface area (Å²) >= 11 is 0. The fourth-order valence-electron chi connectivity index (χ4n) is 8.83. The van der Waals surface area contributed by atoms with Gasteiger partial charge in [0.1, 0.15) is 18.3 Å². The largest absolute Gasteiger partial charge is 0.459 e. The van der Waals surface area contributed by atoms with E-state index in [-0.39, 0.29) is 19.3 Å². The number of ketones is 1. The number of carbonyl (C=O) groups excluding carboxylic acids is 3. The molecule has 220 valence electrons. The number of rotatable bonds is 4. The second-order valence-electron chi connectivity index (χ2n) is 13.2. The summed E-state index contributed by atoms with van der Waals surface area (Å²) in [6, 6.07) is 2.88. The quantitative estimate of drug-likeness (QED) is 0.466. The summed E-state index contributed by atoms with van der Waals surface area (Å²) in [7, 11) is 0. The predicted molar refractivity (Wildman–Crippen MR) is 140 cm³/mol. The average Bonchev–Trinajstić information content (AvgIpc) is 3.15. The summed E-state index contributed by atoms with van der Waals surface area (Å²) in [6.45, 7) is 8.10. The van der Waals surface area contributed by atoms with Gasteiger partial charge in [-0.25, -0.2) is 4.79 Å². The van der Waals surface area contributed by atoms with Crippen molar-refractivity contribution in [2.75, 3.05) is 0 Å². The number of esters is 2. The Morgan fingerprint density at radius 3 is 2.30 bits per heavy atom. The molecular weight excluding hydrogens is 520 g/mol. The van der Waals surface area contributed by atoms with E-state index in [0.29, 0.717) is 24.8 Å². The Morgan fingerprint density at radius 2 is 1.70 bits per heavy atom. The SMILES string of the molecule is CC(=O)O[C@H]1C[C@]2(C)[C@H]3[C@H](O)C(=O)[C@]4(C)[C@@H](c5ccc(=O)oc5)CC[C@]4(O)[C@@H]3CC[C@]2(O)C[C@H]1OC(=O)C(C)C. The summed E-state index contributed by atoms with van der Waals surface area (Å²) in [5.41, 5.74) is -5.33. The second kappa shape index (κ2) is 9.49. The Kier molecular flexibility index (Phi) is 6.87. The lowest BCUT2D eigenvalue weighted by atomic mass is 9.40. The van der Waals surface area contributed by atoms with Crippen LogP contribution in [-0.2, 0) is 23.9 Å². The van der Waals surface area contributed by atoms with Gasteiger partial charge in [0.25, 0.3) is 0 Å². The van der Waals surface area contributed by atoms with Crippen LogP contribution < -0.4 is 5.63 Å². The first-order chi connectivity index (χ1) is 18.6. The number of aliphatic hydroxyl groups excluding tert-OH is 1. The number of hydrogen-bond donors (Lipinski definition) is 3. The van der Waals surface area contributed by atoms with Crippen molar-refractivity contribution in [2.45, 2.75) is 109 Å². The zero-order valence-electron chi connectivity index (χ0n) is 23.7. The lowest BCUT2D eigenvalue weighted by Gasteiger charge is -2.66. The van der Waals surface area contributed by atoms with Gasteiger partial charge in [0, 0.05) is 36.7 Å². The smallest absolute Gasteiger partial charge is 0.335 e. The van der Waals surface area contributed by atoms with Gasteiger partial charge in [-0.2, -0.15) is 0 Å². The topological polar surface area (TPSA) is 161 Å². The third kappa shape index (κ3) is 3.93. The zero-order chi connectivity index (χ0) is 29.4. The van der Waals surface area contributed by atoms with E-state index in [2.05, 4.69) is 0 Å². The summed E-state index contributed by atoms with van der Waals surface area (Å²) in [5, 5.41) is 36.3. The molecule has 4 aliphatic rings. The summed E-state index contributed by atoms with van der Waals surface area (Å²) < 4.78 is 16.4. The first kappa shape index (κ1) is 29.0. The van der Waals surface area contributed by atoms with Gasteiger partial charge in [0.05, 0.1) is 28.8 Å². The molecule has 4 saturated carbocycles. The van der Waals surface area contributed by atoms with E-state index in [1.54, 1.807) is 33.8 Å². The molecule has 10 atom stereocenters.